The first-order valence-corrected chi connectivity index (χ1v) is 12.4. The molecular weight excluding hydrogens is 492 g/mol. The lowest BCUT2D eigenvalue weighted by molar-refractivity contribution is -0.140. The third-order valence-electron chi connectivity index (χ3n) is 7.02. The van der Waals surface area contributed by atoms with Gasteiger partial charge in [-0.2, -0.15) is 0 Å². The quantitative estimate of drug-likeness (QED) is 0.353. The third kappa shape index (κ3) is 7.08. The minimum Gasteiger partial charge on any atom is -0.480 e. The second kappa shape index (κ2) is 12.7. The molecule has 0 bridgehead atoms. The van der Waals surface area contributed by atoms with E-state index >= 15 is 0 Å². The molecule has 1 saturated carbocycles. The van der Waals surface area contributed by atoms with E-state index < -0.39 is 30.9 Å². The van der Waals surface area contributed by atoms with Gasteiger partial charge >= 0.3 is 11.9 Å². The van der Waals surface area contributed by atoms with Crippen molar-refractivity contribution >= 4 is 41.0 Å². The number of nitrogens with zero attached hydrogens (tertiary/aromatic N) is 1. The van der Waals surface area contributed by atoms with Crippen LogP contribution in [-0.2, 0) is 9.59 Å². The standard InChI is InChI=1S/C29H32N2O5.ClH/c1-19(25-11-5-7-21-6-2-3-10-26(21)25)30-24-9-4-8-23(16-24)20-12-14-22(15-13-20)29(36)31(17-27(32)33)18-28(34)35;/h2-3,5-7,10-15,19,23-24,30H,4,8-9,16-18H2,1H3,(H,32,33)(H,34,35);1H/t19-,23+,24+;/m1./s1. The number of rotatable bonds is 9. The smallest absolute Gasteiger partial charge is 0.323 e. The van der Waals surface area contributed by atoms with Crippen LogP contribution in [0.5, 0.6) is 0 Å². The zero-order valence-corrected chi connectivity index (χ0v) is 21.6. The number of benzene rings is 3. The Kier molecular flexibility index (Phi) is 9.66. The van der Waals surface area contributed by atoms with Crippen molar-refractivity contribution in [3.05, 3.63) is 83.4 Å². The van der Waals surface area contributed by atoms with Gasteiger partial charge in [-0.05, 0) is 66.1 Å². The summed E-state index contributed by atoms with van der Waals surface area (Å²) in [5, 5.41) is 24.4. The van der Waals surface area contributed by atoms with Gasteiger partial charge in [0.05, 0.1) is 0 Å². The van der Waals surface area contributed by atoms with Crippen LogP contribution in [0.25, 0.3) is 10.8 Å². The SMILES string of the molecule is C[C@@H](N[C@H]1CCC[C@H](c2ccc(C(=O)N(CC(=O)O)CC(=O)O)cc2)C1)c1cccc2ccccc12.Cl. The van der Waals surface area contributed by atoms with Crippen LogP contribution in [0.3, 0.4) is 0 Å². The molecule has 3 N–H and O–H groups in total. The summed E-state index contributed by atoms with van der Waals surface area (Å²) in [6.45, 7) is 0.904. The summed E-state index contributed by atoms with van der Waals surface area (Å²) < 4.78 is 0. The predicted octanol–water partition coefficient (Wildman–Crippen LogP) is 5.25. The molecule has 1 aliphatic rings. The molecule has 7 nitrogen and oxygen atoms in total. The summed E-state index contributed by atoms with van der Waals surface area (Å²) in [5.74, 6) is -2.74. The lowest BCUT2D eigenvalue weighted by Crippen LogP contribution is -2.39. The Bertz CT molecular complexity index is 1230. The predicted molar refractivity (Wildman–Crippen MR) is 145 cm³/mol. The lowest BCUT2D eigenvalue weighted by Gasteiger charge is -2.32. The van der Waals surface area contributed by atoms with E-state index in [2.05, 4.69) is 54.7 Å². The van der Waals surface area contributed by atoms with Gasteiger partial charge in [0.2, 0.25) is 0 Å². The van der Waals surface area contributed by atoms with Crippen LogP contribution in [0, 0.1) is 0 Å². The van der Waals surface area contributed by atoms with Crippen LogP contribution in [0.2, 0.25) is 0 Å². The Labute approximate surface area is 222 Å². The Balaban J connectivity index is 0.00000380. The van der Waals surface area contributed by atoms with Gasteiger partial charge < -0.3 is 20.4 Å². The van der Waals surface area contributed by atoms with Crippen molar-refractivity contribution < 1.29 is 24.6 Å². The average molecular weight is 525 g/mol. The van der Waals surface area contributed by atoms with Crippen molar-refractivity contribution in [2.75, 3.05) is 13.1 Å². The van der Waals surface area contributed by atoms with Crippen LogP contribution >= 0.6 is 12.4 Å². The van der Waals surface area contributed by atoms with E-state index in [4.69, 9.17) is 10.2 Å². The van der Waals surface area contributed by atoms with Gasteiger partial charge in [-0.15, -0.1) is 12.4 Å². The van der Waals surface area contributed by atoms with Crippen LogP contribution < -0.4 is 5.32 Å². The zero-order chi connectivity index (χ0) is 25.7. The number of hydrogen-bond donors (Lipinski definition) is 3. The van der Waals surface area contributed by atoms with Crippen LogP contribution in [0.4, 0.5) is 0 Å². The highest BCUT2D eigenvalue weighted by molar-refractivity contribution is 5.97. The second-order valence-electron chi connectivity index (χ2n) is 9.59. The number of amides is 1. The number of hydrogen-bond acceptors (Lipinski definition) is 4. The fourth-order valence-corrected chi connectivity index (χ4v) is 5.32. The van der Waals surface area contributed by atoms with Gasteiger partial charge in [0.1, 0.15) is 13.1 Å². The molecule has 1 amide bonds. The van der Waals surface area contributed by atoms with E-state index in [1.807, 2.05) is 12.1 Å². The Morgan fingerprint density at radius 3 is 2.24 bits per heavy atom. The van der Waals surface area contributed by atoms with Crippen molar-refractivity contribution in [3.8, 4) is 0 Å². The topological polar surface area (TPSA) is 107 Å². The van der Waals surface area contributed by atoms with Gasteiger partial charge in [0.15, 0.2) is 0 Å². The van der Waals surface area contributed by atoms with Crippen molar-refractivity contribution in [1.82, 2.24) is 10.2 Å². The minimum atomic E-state index is -1.25. The van der Waals surface area contributed by atoms with Crippen LogP contribution in [0.1, 0.15) is 66.1 Å². The number of carboxylic acids is 2. The van der Waals surface area contributed by atoms with Crippen molar-refractivity contribution in [2.24, 2.45) is 0 Å². The monoisotopic (exact) mass is 524 g/mol. The lowest BCUT2D eigenvalue weighted by atomic mass is 9.80. The number of aliphatic carboxylic acids is 2. The summed E-state index contributed by atoms with van der Waals surface area (Å²) >= 11 is 0. The molecule has 37 heavy (non-hydrogen) atoms. The van der Waals surface area contributed by atoms with Crippen LogP contribution in [0.15, 0.2) is 66.7 Å². The van der Waals surface area contributed by atoms with Gasteiger partial charge in [-0.3, -0.25) is 14.4 Å². The third-order valence-corrected chi connectivity index (χ3v) is 7.02. The maximum absolute atomic E-state index is 12.7. The van der Waals surface area contributed by atoms with E-state index in [0.29, 0.717) is 12.0 Å². The van der Waals surface area contributed by atoms with E-state index in [1.165, 1.54) is 16.3 Å². The highest BCUT2D eigenvalue weighted by Crippen LogP contribution is 2.34. The number of carbonyl (C=O) groups excluding carboxylic acids is 1. The fraction of sp³-hybridized carbons (Fsp3) is 0.345. The molecule has 0 spiro atoms. The maximum Gasteiger partial charge on any atom is 0.323 e. The number of carboxylic acid groups (broad SMARTS) is 2. The number of fused-ring (bicyclic) bond motifs is 1. The molecule has 0 heterocycles. The van der Waals surface area contributed by atoms with E-state index in [1.54, 1.807) is 12.1 Å². The molecule has 3 aromatic carbocycles. The van der Waals surface area contributed by atoms with E-state index in [0.717, 1.165) is 36.1 Å². The fourth-order valence-electron chi connectivity index (χ4n) is 5.32. The molecule has 4 rings (SSSR count). The summed E-state index contributed by atoms with van der Waals surface area (Å²) in [6, 6.07) is 22.6. The van der Waals surface area contributed by atoms with E-state index in [-0.39, 0.29) is 24.0 Å². The normalized spacial score (nSPS) is 18.0. The average Bonchev–Trinajstić information content (AvgIpc) is 2.87. The summed E-state index contributed by atoms with van der Waals surface area (Å²) in [7, 11) is 0. The molecule has 0 aliphatic heterocycles. The number of halogens is 1. The number of carbonyl (C=O) groups is 3. The highest BCUT2D eigenvalue weighted by Gasteiger charge is 2.26. The molecule has 0 radical (unpaired) electrons. The van der Waals surface area contributed by atoms with Crippen LogP contribution in [-0.4, -0.2) is 52.1 Å². The molecule has 0 unspecified atom stereocenters. The molecule has 3 atom stereocenters. The van der Waals surface area contributed by atoms with Gasteiger partial charge in [0, 0.05) is 17.6 Å². The molecular formula is C29H33ClN2O5. The Morgan fingerprint density at radius 2 is 1.57 bits per heavy atom. The van der Waals surface area contributed by atoms with Gasteiger partial charge in [-0.1, -0.05) is 61.0 Å². The highest BCUT2D eigenvalue weighted by atomic mass is 35.5. The first-order chi connectivity index (χ1) is 17.3. The van der Waals surface area contributed by atoms with Gasteiger partial charge in [-0.25, -0.2) is 0 Å². The first kappa shape index (κ1) is 28.2. The minimum absolute atomic E-state index is 0. The van der Waals surface area contributed by atoms with Crippen molar-refractivity contribution in [2.45, 2.75) is 50.6 Å². The summed E-state index contributed by atoms with van der Waals surface area (Å²) in [4.78, 5) is 35.6. The molecule has 0 aromatic heterocycles. The second-order valence-corrected chi connectivity index (χ2v) is 9.59. The molecule has 1 fully saturated rings. The Morgan fingerprint density at radius 1 is 0.919 bits per heavy atom. The van der Waals surface area contributed by atoms with Crippen molar-refractivity contribution in [1.29, 1.82) is 0 Å². The molecule has 8 heteroatoms. The maximum atomic E-state index is 12.7. The largest absolute Gasteiger partial charge is 0.480 e. The summed E-state index contributed by atoms with van der Waals surface area (Å²) in [6.07, 6.45) is 4.28. The molecule has 196 valence electrons. The van der Waals surface area contributed by atoms with Crippen molar-refractivity contribution in [3.63, 3.8) is 0 Å². The zero-order valence-electron chi connectivity index (χ0n) is 20.8. The Hall–Kier alpha value is -3.42. The first-order valence-electron chi connectivity index (χ1n) is 12.4. The molecule has 0 saturated heterocycles. The van der Waals surface area contributed by atoms with Gasteiger partial charge in [0.25, 0.3) is 5.91 Å². The molecule has 3 aromatic rings. The number of nitrogens with one attached hydrogen (secondary N) is 1. The van der Waals surface area contributed by atoms with E-state index in [9.17, 15) is 14.4 Å². The summed E-state index contributed by atoms with van der Waals surface area (Å²) in [5.41, 5.74) is 2.72. The molecule has 1 aliphatic carbocycles.